The Bertz CT molecular complexity index is 811. The third-order valence-electron chi connectivity index (χ3n) is 3.99. The highest BCUT2D eigenvalue weighted by Gasteiger charge is 2.33. The van der Waals surface area contributed by atoms with Crippen LogP contribution in [0, 0.1) is 6.92 Å². The summed E-state index contributed by atoms with van der Waals surface area (Å²) in [4.78, 5) is 8.09. The minimum atomic E-state index is -4.41. The molecule has 2 rings (SSSR count). The number of methoxy groups -OCH3 is 1. The number of ether oxygens (including phenoxy) is 1. The maximum absolute atomic E-state index is 12.6. The molecular formula is C19H26F3IN4OS. The first-order chi connectivity index (χ1) is 13.2. The molecule has 1 atom stereocenters. The first kappa shape index (κ1) is 25.5. The number of thiazole rings is 1. The largest absolute Gasteiger partial charge is 0.496 e. The standard InChI is InChI=1S/C19H25F3N4OS.HI/c1-5-23-18(24-9-8-17-26-16(11-28-17)19(20,21)22)25-13(3)14-10-12(2)6-7-15(14)27-4;/h6-7,10-11,13H,5,8-9H2,1-4H3,(H2,23,24,25);1H. The van der Waals surface area contributed by atoms with Crippen LogP contribution in [0.15, 0.2) is 28.6 Å². The van der Waals surface area contributed by atoms with Crippen molar-refractivity contribution >= 4 is 41.3 Å². The number of guanidine groups is 1. The van der Waals surface area contributed by atoms with E-state index >= 15 is 0 Å². The average Bonchev–Trinajstić information content (AvgIpc) is 3.11. The molecule has 1 heterocycles. The minimum absolute atomic E-state index is 0. The predicted octanol–water partition coefficient (Wildman–Crippen LogP) is 4.96. The fraction of sp³-hybridized carbons (Fsp3) is 0.474. The second-order valence-electron chi connectivity index (χ2n) is 6.25. The molecule has 0 spiro atoms. The van der Waals surface area contributed by atoms with Crippen molar-refractivity contribution in [3.05, 3.63) is 45.4 Å². The molecule has 0 aliphatic heterocycles. The van der Waals surface area contributed by atoms with Gasteiger partial charge >= 0.3 is 6.18 Å². The van der Waals surface area contributed by atoms with Gasteiger partial charge in [-0.2, -0.15) is 13.2 Å². The molecule has 1 aromatic heterocycles. The fourth-order valence-corrected chi connectivity index (χ4v) is 3.41. The molecule has 2 aromatic rings. The zero-order valence-corrected chi connectivity index (χ0v) is 19.9. The molecule has 0 radical (unpaired) electrons. The van der Waals surface area contributed by atoms with Gasteiger partial charge in [0.15, 0.2) is 11.7 Å². The van der Waals surface area contributed by atoms with Gasteiger partial charge in [0.2, 0.25) is 0 Å². The maximum Gasteiger partial charge on any atom is 0.434 e. The van der Waals surface area contributed by atoms with Gasteiger partial charge in [0.05, 0.1) is 18.2 Å². The Balaban J connectivity index is 0.00000420. The van der Waals surface area contributed by atoms with Crippen molar-refractivity contribution in [1.29, 1.82) is 0 Å². The summed E-state index contributed by atoms with van der Waals surface area (Å²) in [6.45, 7) is 6.96. The molecule has 10 heteroatoms. The highest BCUT2D eigenvalue weighted by Crippen LogP contribution is 2.30. The zero-order valence-electron chi connectivity index (χ0n) is 16.8. The molecule has 1 aromatic carbocycles. The molecule has 29 heavy (non-hydrogen) atoms. The first-order valence-electron chi connectivity index (χ1n) is 8.95. The van der Waals surface area contributed by atoms with Crippen molar-refractivity contribution in [2.24, 2.45) is 4.99 Å². The second kappa shape index (κ2) is 11.6. The van der Waals surface area contributed by atoms with Crippen LogP contribution in [0.2, 0.25) is 0 Å². The monoisotopic (exact) mass is 542 g/mol. The molecular weight excluding hydrogens is 516 g/mol. The quantitative estimate of drug-likeness (QED) is 0.295. The minimum Gasteiger partial charge on any atom is -0.496 e. The van der Waals surface area contributed by atoms with Gasteiger partial charge in [0.25, 0.3) is 0 Å². The second-order valence-corrected chi connectivity index (χ2v) is 7.19. The van der Waals surface area contributed by atoms with E-state index < -0.39 is 11.9 Å². The first-order valence-corrected chi connectivity index (χ1v) is 9.83. The SMILES string of the molecule is CCNC(=NCCc1nc(C(F)(F)F)cs1)NC(C)c1cc(C)ccc1OC.I. The van der Waals surface area contributed by atoms with E-state index in [2.05, 4.69) is 20.6 Å². The number of nitrogens with zero attached hydrogens (tertiary/aromatic N) is 2. The summed E-state index contributed by atoms with van der Waals surface area (Å²) in [5.41, 5.74) is 1.28. The number of halogens is 4. The van der Waals surface area contributed by atoms with Gasteiger partial charge in [-0.15, -0.1) is 35.3 Å². The number of aliphatic imine (C=N–C) groups is 1. The molecule has 1 unspecified atom stereocenters. The van der Waals surface area contributed by atoms with Crippen LogP contribution in [0.25, 0.3) is 0 Å². The van der Waals surface area contributed by atoms with Crippen LogP contribution in [-0.2, 0) is 12.6 Å². The summed E-state index contributed by atoms with van der Waals surface area (Å²) >= 11 is 1.00. The van der Waals surface area contributed by atoms with Gasteiger partial charge in [0, 0.05) is 30.5 Å². The summed E-state index contributed by atoms with van der Waals surface area (Å²) in [7, 11) is 1.63. The van der Waals surface area contributed by atoms with Crippen molar-refractivity contribution < 1.29 is 17.9 Å². The van der Waals surface area contributed by atoms with Gasteiger partial charge in [-0.1, -0.05) is 17.7 Å². The molecule has 2 N–H and O–H groups in total. The Kier molecular flexibility index (Phi) is 10.2. The molecule has 0 fully saturated rings. The Labute approximate surface area is 190 Å². The number of alkyl halides is 3. The van der Waals surface area contributed by atoms with Crippen molar-refractivity contribution in [3.8, 4) is 5.75 Å². The van der Waals surface area contributed by atoms with Crippen LogP contribution in [0.5, 0.6) is 5.75 Å². The summed E-state index contributed by atoms with van der Waals surface area (Å²) in [5, 5.41) is 7.92. The van der Waals surface area contributed by atoms with Gasteiger partial charge in [-0.3, -0.25) is 4.99 Å². The van der Waals surface area contributed by atoms with Crippen LogP contribution in [0.4, 0.5) is 13.2 Å². The van der Waals surface area contributed by atoms with Crippen LogP contribution in [0.3, 0.4) is 0 Å². The van der Waals surface area contributed by atoms with Crippen molar-refractivity contribution in [2.45, 2.75) is 39.4 Å². The van der Waals surface area contributed by atoms with Gasteiger partial charge in [-0.05, 0) is 26.8 Å². The number of aromatic nitrogens is 1. The van der Waals surface area contributed by atoms with Crippen LogP contribution >= 0.6 is 35.3 Å². The Morgan fingerprint density at radius 3 is 2.66 bits per heavy atom. The van der Waals surface area contributed by atoms with E-state index in [1.165, 1.54) is 0 Å². The van der Waals surface area contributed by atoms with Gasteiger partial charge in [-0.25, -0.2) is 4.98 Å². The molecule has 5 nitrogen and oxygen atoms in total. The lowest BCUT2D eigenvalue weighted by Gasteiger charge is -2.20. The predicted molar refractivity (Wildman–Crippen MR) is 121 cm³/mol. The van der Waals surface area contributed by atoms with E-state index in [1.54, 1.807) is 7.11 Å². The molecule has 0 saturated heterocycles. The number of aryl methyl sites for hydroxylation is 1. The van der Waals surface area contributed by atoms with E-state index in [-0.39, 0.29) is 30.0 Å². The number of nitrogens with one attached hydrogen (secondary N) is 2. The summed E-state index contributed by atoms with van der Waals surface area (Å²) in [6, 6.07) is 5.89. The van der Waals surface area contributed by atoms with Crippen LogP contribution in [-0.4, -0.2) is 31.1 Å². The van der Waals surface area contributed by atoms with E-state index in [0.29, 0.717) is 30.5 Å². The average molecular weight is 542 g/mol. The maximum atomic E-state index is 12.6. The molecule has 0 aliphatic rings. The number of rotatable bonds is 7. The molecule has 0 aliphatic carbocycles. The third-order valence-corrected chi connectivity index (χ3v) is 4.90. The Morgan fingerprint density at radius 1 is 1.34 bits per heavy atom. The molecule has 0 bridgehead atoms. The van der Waals surface area contributed by atoms with Crippen molar-refractivity contribution in [3.63, 3.8) is 0 Å². The molecule has 0 saturated carbocycles. The van der Waals surface area contributed by atoms with E-state index in [0.717, 1.165) is 33.6 Å². The van der Waals surface area contributed by atoms with Crippen molar-refractivity contribution in [1.82, 2.24) is 15.6 Å². The summed E-state index contributed by atoms with van der Waals surface area (Å²) in [5.74, 6) is 1.37. The Morgan fingerprint density at radius 2 is 2.07 bits per heavy atom. The molecule has 0 amide bonds. The molecule has 162 valence electrons. The van der Waals surface area contributed by atoms with E-state index in [4.69, 9.17) is 4.74 Å². The van der Waals surface area contributed by atoms with E-state index in [1.807, 2.05) is 39.0 Å². The summed E-state index contributed by atoms with van der Waals surface area (Å²) in [6.07, 6.45) is -4.06. The Hall–Kier alpha value is -1.56. The lowest BCUT2D eigenvalue weighted by atomic mass is 10.0. The van der Waals surface area contributed by atoms with Crippen molar-refractivity contribution in [2.75, 3.05) is 20.2 Å². The lowest BCUT2D eigenvalue weighted by molar-refractivity contribution is -0.140. The number of hydrogen-bond donors (Lipinski definition) is 2. The van der Waals surface area contributed by atoms with Gasteiger partial charge in [0.1, 0.15) is 5.75 Å². The normalized spacial score (nSPS) is 12.9. The highest BCUT2D eigenvalue weighted by atomic mass is 127. The van der Waals surface area contributed by atoms with Crippen LogP contribution in [0.1, 0.15) is 41.7 Å². The smallest absolute Gasteiger partial charge is 0.434 e. The lowest BCUT2D eigenvalue weighted by Crippen LogP contribution is -2.39. The summed E-state index contributed by atoms with van der Waals surface area (Å²) < 4.78 is 43.3. The topological polar surface area (TPSA) is 58.5 Å². The fourth-order valence-electron chi connectivity index (χ4n) is 2.61. The zero-order chi connectivity index (χ0) is 20.7. The van der Waals surface area contributed by atoms with Gasteiger partial charge < -0.3 is 15.4 Å². The number of benzene rings is 1. The third kappa shape index (κ3) is 7.65. The number of hydrogen-bond acceptors (Lipinski definition) is 4. The van der Waals surface area contributed by atoms with Crippen LogP contribution < -0.4 is 15.4 Å². The van der Waals surface area contributed by atoms with E-state index in [9.17, 15) is 13.2 Å². The highest BCUT2D eigenvalue weighted by molar-refractivity contribution is 14.0.